The molecule has 0 bridgehead atoms. The Bertz CT molecular complexity index is 521. The van der Waals surface area contributed by atoms with Gasteiger partial charge in [0.05, 0.1) is 12.3 Å². The van der Waals surface area contributed by atoms with Gasteiger partial charge in [-0.15, -0.1) is 0 Å². The highest BCUT2D eigenvalue weighted by molar-refractivity contribution is 5.93. The number of para-hydroxylation sites is 2. The molecule has 0 atom stereocenters. The minimum atomic E-state index is -0.440. The zero-order valence-corrected chi connectivity index (χ0v) is 14.1. The van der Waals surface area contributed by atoms with Gasteiger partial charge in [0.2, 0.25) is 11.8 Å². The molecule has 0 spiro atoms. The van der Waals surface area contributed by atoms with Crippen molar-refractivity contribution in [3.05, 3.63) is 24.3 Å². The summed E-state index contributed by atoms with van der Waals surface area (Å²) in [5, 5.41) is 2.86. The molecule has 0 aliphatic heterocycles. The van der Waals surface area contributed by atoms with E-state index in [2.05, 4.69) is 5.32 Å². The summed E-state index contributed by atoms with van der Waals surface area (Å²) >= 11 is 0. The molecule has 1 aromatic carbocycles. The van der Waals surface area contributed by atoms with Gasteiger partial charge in [-0.05, 0) is 19.1 Å². The second-order valence-corrected chi connectivity index (χ2v) is 6.08. The van der Waals surface area contributed by atoms with E-state index in [1.807, 2.05) is 52.0 Å². The third-order valence-electron chi connectivity index (χ3n) is 3.14. The van der Waals surface area contributed by atoms with Crippen LogP contribution in [0.2, 0.25) is 0 Å². The maximum atomic E-state index is 11.9. The summed E-state index contributed by atoms with van der Waals surface area (Å²) in [6.07, 6.45) is 0. The Labute approximate surface area is 132 Å². The second kappa shape index (κ2) is 7.82. The highest BCUT2D eigenvalue weighted by atomic mass is 16.5. The number of hydrogen-bond donors (Lipinski definition) is 1. The SMILES string of the molecule is CCOc1ccccc1N(CCNC(=O)C(C)(C)C)C(C)=O. The Morgan fingerprint density at radius 3 is 2.41 bits per heavy atom. The highest BCUT2D eigenvalue weighted by Gasteiger charge is 2.21. The van der Waals surface area contributed by atoms with E-state index in [1.54, 1.807) is 4.90 Å². The van der Waals surface area contributed by atoms with E-state index in [0.717, 1.165) is 5.69 Å². The number of nitrogens with zero attached hydrogens (tertiary/aromatic N) is 1. The van der Waals surface area contributed by atoms with E-state index in [4.69, 9.17) is 4.74 Å². The van der Waals surface area contributed by atoms with E-state index in [9.17, 15) is 9.59 Å². The zero-order chi connectivity index (χ0) is 16.8. The van der Waals surface area contributed by atoms with Crippen molar-refractivity contribution in [3.63, 3.8) is 0 Å². The topological polar surface area (TPSA) is 58.6 Å². The molecule has 22 heavy (non-hydrogen) atoms. The number of hydrogen-bond acceptors (Lipinski definition) is 3. The molecular formula is C17H26N2O3. The Kier molecular flexibility index (Phi) is 6.40. The average Bonchev–Trinajstić information content (AvgIpc) is 2.43. The lowest BCUT2D eigenvalue weighted by Crippen LogP contribution is -2.41. The van der Waals surface area contributed by atoms with Gasteiger partial charge in [0.1, 0.15) is 5.75 Å². The van der Waals surface area contributed by atoms with Crippen LogP contribution in [0.1, 0.15) is 34.6 Å². The second-order valence-electron chi connectivity index (χ2n) is 6.08. The fourth-order valence-electron chi connectivity index (χ4n) is 1.95. The van der Waals surface area contributed by atoms with Crippen molar-refractivity contribution in [1.29, 1.82) is 0 Å². The molecule has 1 rings (SSSR count). The monoisotopic (exact) mass is 306 g/mol. The molecule has 0 saturated heterocycles. The Morgan fingerprint density at radius 1 is 1.23 bits per heavy atom. The standard InChI is InChI=1S/C17H26N2O3/c1-6-22-15-10-8-7-9-14(15)19(13(2)20)12-11-18-16(21)17(3,4)5/h7-10H,6,11-12H2,1-5H3,(H,18,21). The highest BCUT2D eigenvalue weighted by Crippen LogP contribution is 2.28. The number of amides is 2. The van der Waals surface area contributed by atoms with Crippen LogP contribution >= 0.6 is 0 Å². The molecule has 122 valence electrons. The molecule has 0 fully saturated rings. The lowest BCUT2D eigenvalue weighted by molar-refractivity contribution is -0.128. The smallest absolute Gasteiger partial charge is 0.225 e. The first kappa shape index (κ1) is 18.0. The lowest BCUT2D eigenvalue weighted by atomic mass is 9.96. The number of benzene rings is 1. The Hall–Kier alpha value is -2.04. The lowest BCUT2D eigenvalue weighted by Gasteiger charge is -2.25. The normalized spacial score (nSPS) is 11.0. The third-order valence-corrected chi connectivity index (χ3v) is 3.14. The quantitative estimate of drug-likeness (QED) is 0.879. The van der Waals surface area contributed by atoms with Crippen LogP contribution in [0.4, 0.5) is 5.69 Å². The third kappa shape index (κ3) is 5.06. The first-order chi connectivity index (χ1) is 10.3. The molecular weight excluding hydrogens is 280 g/mol. The van der Waals surface area contributed by atoms with Crippen LogP contribution in [0, 0.1) is 5.41 Å². The summed E-state index contributed by atoms with van der Waals surface area (Å²) in [6, 6.07) is 7.41. The zero-order valence-electron chi connectivity index (χ0n) is 14.1. The van der Waals surface area contributed by atoms with Gasteiger partial charge >= 0.3 is 0 Å². The summed E-state index contributed by atoms with van der Waals surface area (Å²) in [7, 11) is 0. The van der Waals surface area contributed by atoms with Crippen molar-refractivity contribution in [3.8, 4) is 5.75 Å². The molecule has 0 aliphatic carbocycles. The van der Waals surface area contributed by atoms with Gasteiger partial charge in [0.25, 0.3) is 0 Å². The predicted molar refractivity (Wildman–Crippen MR) is 88.1 cm³/mol. The molecule has 0 heterocycles. The van der Waals surface area contributed by atoms with E-state index < -0.39 is 5.41 Å². The molecule has 1 aromatic rings. The van der Waals surface area contributed by atoms with Gasteiger partial charge in [0.15, 0.2) is 0 Å². The maximum absolute atomic E-state index is 11.9. The minimum Gasteiger partial charge on any atom is -0.492 e. The molecule has 5 nitrogen and oxygen atoms in total. The van der Waals surface area contributed by atoms with Gasteiger partial charge in [-0.25, -0.2) is 0 Å². The number of ether oxygens (including phenoxy) is 1. The van der Waals surface area contributed by atoms with Crippen LogP contribution in [-0.2, 0) is 9.59 Å². The Balaban J connectivity index is 2.79. The molecule has 0 radical (unpaired) electrons. The molecule has 2 amide bonds. The molecule has 1 N–H and O–H groups in total. The van der Waals surface area contributed by atoms with Gasteiger partial charge in [-0.1, -0.05) is 32.9 Å². The summed E-state index contributed by atoms with van der Waals surface area (Å²) in [5.74, 6) is 0.550. The summed E-state index contributed by atoms with van der Waals surface area (Å²) in [6.45, 7) is 10.3. The fraction of sp³-hybridized carbons (Fsp3) is 0.529. The van der Waals surface area contributed by atoms with Crippen LogP contribution in [0.3, 0.4) is 0 Å². The average molecular weight is 306 g/mol. The van der Waals surface area contributed by atoms with Crippen LogP contribution < -0.4 is 15.0 Å². The number of carbonyl (C=O) groups excluding carboxylic acids is 2. The van der Waals surface area contributed by atoms with Crippen molar-refractivity contribution < 1.29 is 14.3 Å². The van der Waals surface area contributed by atoms with Crippen molar-refractivity contribution in [2.24, 2.45) is 5.41 Å². The van der Waals surface area contributed by atoms with Crippen LogP contribution in [0.15, 0.2) is 24.3 Å². The fourth-order valence-corrected chi connectivity index (χ4v) is 1.95. The van der Waals surface area contributed by atoms with E-state index in [0.29, 0.717) is 25.4 Å². The molecule has 0 unspecified atom stereocenters. The van der Waals surface area contributed by atoms with Gasteiger partial charge in [-0.2, -0.15) is 0 Å². The van der Waals surface area contributed by atoms with Gasteiger partial charge in [0, 0.05) is 25.4 Å². The van der Waals surface area contributed by atoms with Gasteiger partial charge < -0.3 is 15.0 Å². The predicted octanol–water partition coefficient (Wildman–Crippen LogP) is 2.60. The van der Waals surface area contributed by atoms with Crippen molar-refractivity contribution >= 4 is 17.5 Å². The first-order valence-electron chi connectivity index (χ1n) is 7.55. The number of rotatable bonds is 6. The van der Waals surface area contributed by atoms with Crippen molar-refractivity contribution in [2.45, 2.75) is 34.6 Å². The van der Waals surface area contributed by atoms with Crippen LogP contribution in [0.25, 0.3) is 0 Å². The number of anilines is 1. The van der Waals surface area contributed by atoms with Crippen molar-refractivity contribution in [2.75, 3.05) is 24.6 Å². The van der Waals surface area contributed by atoms with E-state index >= 15 is 0 Å². The Morgan fingerprint density at radius 2 is 1.86 bits per heavy atom. The maximum Gasteiger partial charge on any atom is 0.225 e. The molecule has 0 saturated carbocycles. The largest absolute Gasteiger partial charge is 0.492 e. The van der Waals surface area contributed by atoms with Crippen LogP contribution in [-0.4, -0.2) is 31.5 Å². The van der Waals surface area contributed by atoms with E-state index in [1.165, 1.54) is 6.92 Å². The molecule has 0 aliphatic rings. The molecule has 5 heteroatoms. The minimum absolute atomic E-state index is 0.0332. The van der Waals surface area contributed by atoms with Gasteiger partial charge in [-0.3, -0.25) is 9.59 Å². The first-order valence-corrected chi connectivity index (χ1v) is 7.55. The summed E-state index contributed by atoms with van der Waals surface area (Å²) in [5.41, 5.74) is 0.284. The molecule has 0 aromatic heterocycles. The number of carbonyl (C=O) groups is 2. The summed E-state index contributed by atoms with van der Waals surface area (Å²) in [4.78, 5) is 25.4. The number of nitrogens with one attached hydrogen (secondary N) is 1. The van der Waals surface area contributed by atoms with E-state index in [-0.39, 0.29) is 11.8 Å². The van der Waals surface area contributed by atoms with Crippen molar-refractivity contribution in [1.82, 2.24) is 5.32 Å². The summed E-state index contributed by atoms with van der Waals surface area (Å²) < 4.78 is 5.57. The van der Waals surface area contributed by atoms with Crippen LogP contribution in [0.5, 0.6) is 5.75 Å².